The summed E-state index contributed by atoms with van der Waals surface area (Å²) in [6, 6.07) is 9.14. The van der Waals surface area contributed by atoms with Gasteiger partial charge >= 0.3 is 0 Å². The summed E-state index contributed by atoms with van der Waals surface area (Å²) in [6.07, 6.45) is 2.18. The van der Waals surface area contributed by atoms with Gasteiger partial charge in [0.25, 0.3) is 0 Å². The zero-order chi connectivity index (χ0) is 18.4. The Kier molecular flexibility index (Phi) is 6.39. The van der Waals surface area contributed by atoms with Crippen LogP contribution >= 0.6 is 0 Å². The quantitative estimate of drug-likeness (QED) is 0.753. The SMILES string of the molecule is CCC(C)C(NS(=O)(=O)c1ccc(C)cc1)C(=O)NCc1ccco1. The molecule has 1 amide bonds. The molecule has 2 rings (SSSR count). The Morgan fingerprint density at radius 3 is 2.44 bits per heavy atom. The number of nitrogens with one attached hydrogen (secondary N) is 2. The van der Waals surface area contributed by atoms with Gasteiger partial charge in [0.2, 0.25) is 15.9 Å². The van der Waals surface area contributed by atoms with E-state index in [-0.39, 0.29) is 23.3 Å². The molecule has 1 aromatic heterocycles. The largest absolute Gasteiger partial charge is 0.467 e. The Balaban J connectivity index is 2.13. The summed E-state index contributed by atoms with van der Waals surface area (Å²) in [7, 11) is -3.78. The summed E-state index contributed by atoms with van der Waals surface area (Å²) in [5.41, 5.74) is 0.966. The first-order valence-electron chi connectivity index (χ1n) is 8.22. The van der Waals surface area contributed by atoms with Crippen LogP contribution in [0.3, 0.4) is 0 Å². The van der Waals surface area contributed by atoms with Gasteiger partial charge in [0, 0.05) is 0 Å². The number of carbonyl (C=O) groups is 1. The third kappa shape index (κ3) is 5.17. The highest BCUT2D eigenvalue weighted by molar-refractivity contribution is 7.89. The molecule has 0 saturated heterocycles. The summed E-state index contributed by atoms with van der Waals surface area (Å²) in [6.45, 7) is 5.85. The molecule has 136 valence electrons. The van der Waals surface area contributed by atoms with Gasteiger partial charge in [-0.2, -0.15) is 4.72 Å². The van der Waals surface area contributed by atoms with Crippen LogP contribution in [0.1, 0.15) is 31.6 Å². The van der Waals surface area contributed by atoms with E-state index in [1.54, 1.807) is 24.3 Å². The average Bonchev–Trinajstić information content (AvgIpc) is 3.11. The highest BCUT2D eigenvalue weighted by atomic mass is 32.2. The van der Waals surface area contributed by atoms with Crippen molar-refractivity contribution in [3.8, 4) is 0 Å². The monoisotopic (exact) mass is 364 g/mol. The molecule has 0 aliphatic rings. The number of hydrogen-bond donors (Lipinski definition) is 2. The lowest BCUT2D eigenvalue weighted by molar-refractivity contribution is -0.124. The third-order valence-electron chi connectivity index (χ3n) is 4.13. The van der Waals surface area contributed by atoms with Crippen molar-refractivity contribution in [1.29, 1.82) is 0 Å². The second-order valence-electron chi connectivity index (χ2n) is 6.09. The summed E-state index contributed by atoms with van der Waals surface area (Å²) >= 11 is 0. The third-order valence-corrected chi connectivity index (χ3v) is 5.58. The molecule has 1 aromatic carbocycles. The van der Waals surface area contributed by atoms with Crippen molar-refractivity contribution in [2.75, 3.05) is 0 Å². The Morgan fingerprint density at radius 1 is 1.20 bits per heavy atom. The number of hydrogen-bond acceptors (Lipinski definition) is 4. The fourth-order valence-electron chi connectivity index (χ4n) is 2.31. The molecule has 2 unspecified atom stereocenters. The van der Waals surface area contributed by atoms with E-state index in [9.17, 15) is 13.2 Å². The minimum atomic E-state index is -3.78. The number of amides is 1. The molecule has 7 heteroatoms. The Labute approximate surface area is 148 Å². The van der Waals surface area contributed by atoms with Gasteiger partial charge in [0.05, 0.1) is 17.7 Å². The van der Waals surface area contributed by atoms with Crippen molar-refractivity contribution >= 4 is 15.9 Å². The summed E-state index contributed by atoms with van der Waals surface area (Å²) in [5.74, 6) is 0.0795. The zero-order valence-electron chi connectivity index (χ0n) is 14.7. The number of rotatable bonds is 8. The van der Waals surface area contributed by atoms with E-state index in [0.29, 0.717) is 12.2 Å². The lowest BCUT2D eigenvalue weighted by Gasteiger charge is -2.23. The van der Waals surface area contributed by atoms with E-state index in [4.69, 9.17) is 4.42 Å². The molecule has 0 aliphatic carbocycles. The first-order chi connectivity index (χ1) is 11.8. The maximum Gasteiger partial charge on any atom is 0.241 e. The first-order valence-corrected chi connectivity index (χ1v) is 9.71. The fourth-order valence-corrected chi connectivity index (χ4v) is 3.62. The molecular weight excluding hydrogens is 340 g/mol. The van der Waals surface area contributed by atoms with Crippen LogP contribution < -0.4 is 10.0 Å². The van der Waals surface area contributed by atoms with Gasteiger partial charge in [-0.15, -0.1) is 0 Å². The number of carbonyl (C=O) groups excluding carboxylic acids is 1. The van der Waals surface area contributed by atoms with Gasteiger partial charge in [-0.1, -0.05) is 38.0 Å². The van der Waals surface area contributed by atoms with Crippen molar-refractivity contribution < 1.29 is 17.6 Å². The molecule has 6 nitrogen and oxygen atoms in total. The van der Waals surface area contributed by atoms with Crippen molar-refractivity contribution in [2.45, 2.75) is 44.7 Å². The number of benzene rings is 1. The molecule has 2 atom stereocenters. The molecular formula is C18H24N2O4S. The standard InChI is InChI=1S/C18H24N2O4S/c1-4-14(3)17(18(21)19-12-15-6-5-11-24-15)20-25(22,23)16-9-7-13(2)8-10-16/h5-11,14,17,20H,4,12H2,1-3H3,(H,19,21). The van der Waals surface area contributed by atoms with Gasteiger partial charge < -0.3 is 9.73 Å². The van der Waals surface area contributed by atoms with Crippen molar-refractivity contribution in [3.63, 3.8) is 0 Å². The number of furan rings is 1. The fraction of sp³-hybridized carbons (Fsp3) is 0.389. The molecule has 1 heterocycles. The van der Waals surface area contributed by atoms with Gasteiger partial charge in [0.1, 0.15) is 11.8 Å². The molecule has 0 fully saturated rings. The Bertz CT molecular complexity index is 783. The predicted octanol–water partition coefficient (Wildman–Crippen LogP) is 2.60. The smallest absolute Gasteiger partial charge is 0.241 e. The number of aryl methyl sites for hydroxylation is 1. The van der Waals surface area contributed by atoms with E-state index in [0.717, 1.165) is 5.56 Å². The van der Waals surface area contributed by atoms with Crippen LogP contribution in [-0.4, -0.2) is 20.4 Å². The second-order valence-corrected chi connectivity index (χ2v) is 7.81. The molecule has 2 N–H and O–H groups in total. The molecule has 0 saturated carbocycles. The highest BCUT2D eigenvalue weighted by Gasteiger charge is 2.29. The second kappa shape index (κ2) is 8.31. The number of sulfonamides is 1. The molecule has 2 aromatic rings. The molecule has 0 spiro atoms. The lowest BCUT2D eigenvalue weighted by atomic mass is 9.99. The van der Waals surface area contributed by atoms with Crippen LogP contribution in [0.25, 0.3) is 0 Å². The molecule has 0 radical (unpaired) electrons. The topological polar surface area (TPSA) is 88.4 Å². The molecule has 25 heavy (non-hydrogen) atoms. The van der Waals surface area contributed by atoms with E-state index >= 15 is 0 Å². The van der Waals surface area contributed by atoms with E-state index < -0.39 is 16.1 Å². The summed E-state index contributed by atoms with van der Waals surface area (Å²) in [4.78, 5) is 12.7. The maximum absolute atomic E-state index is 12.6. The zero-order valence-corrected chi connectivity index (χ0v) is 15.5. The van der Waals surface area contributed by atoms with Crippen molar-refractivity contribution in [3.05, 3.63) is 54.0 Å². The van der Waals surface area contributed by atoms with E-state index in [1.165, 1.54) is 18.4 Å². The normalized spacial score (nSPS) is 14.0. The van der Waals surface area contributed by atoms with Crippen molar-refractivity contribution in [1.82, 2.24) is 10.0 Å². The molecule has 0 bridgehead atoms. The maximum atomic E-state index is 12.6. The van der Waals surface area contributed by atoms with Crippen LogP contribution in [0.2, 0.25) is 0 Å². The Morgan fingerprint density at radius 2 is 1.88 bits per heavy atom. The highest BCUT2D eigenvalue weighted by Crippen LogP contribution is 2.15. The minimum absolute atomic E-state index is 0.144. The average molecular weight is 364 g/mol. The Hall–Kier alpha value is -2.12. The lowest BCUT2D eigenvalue weighted by Crippen LogP contribution is -2.49. The van der Waals surface area contributed by atoms with Gasteiger partial charge in [-0.05, 0) is 37.1 Å². The minimum Gasteiger partial charge on any atom is -0.467 e. The van der Waals surface area contributed by atoms with Gasteiger partial charge in [-0.3, -0.25) is 4.79 Å². The van der Waals surface area contributed by atoms with E-state index in [2.05, 4.69) is 10.0 Å². The summed E-state index contributed by atoms with van der Waals surface area (Å²) < 4.78 is 32.9. The van der Waals surface area contributed by atoms with Gasteiger partial charge in [0.15, 0.2) is 0 Å². The van der Waals surface area contributed by atoms with Crippen LogP contribution in [-0.2, 0) is 21.4 Å². The van der Waals surface area contributed by atoms with Crippen LogP contribution in [0.5, 0.6) is 0 Å². The van der Waals surface area contributed by atoms with Crippen LogP contribution in [0.4, 0.5) is 0 Å². The van der Waals surface area contributed by atoms with Crippen LogP contribution in [0.15, 0.2) is 52.0 Å². The van der Waals surface area contributed by atoms with E-state index in [1.807, 2.05) is 20.8 Å². The van der Waals surface area contributed by atoms with Crippen LogP contribution in [0, 0.1) is 12.8 Å². The predicted molar refractivity (Wildman–Crippen MR) is 95.3 cm³/mol. The molecule has 0 aliphatic heterocycles. The van der Waals surface area contributed by atoms with Gasteiger partial charge in [-0.25, -0.2) is 8.42 Å². The van der Waals surface area contributed by atoms with Crippen molar-refractivity contribution in [2.24, 2.45) is 5.92 Å². The summed E-state index contributed by atoms with van der Waals surface area (Å²) in [5, 5.41) is 2.72. The first kappa shape index (κ1) is 19.2.